The molecule has 2 aromatic carbocycles. The second-order valence-corrected chi connectivity index (χ2v) is 4.76. The minimum atomic E-state index is 0.988. The van der Waals surface area contributed by atoms with Crippen LogP contribution < -0.4 is 0 Å². The fourth-order valence-corrected chi connectivity index (χ4v) is 2.54. The maximum Gasteiger partial charge on any atom is 0.0717 e. The molecule has 20 heavy (non-hydrogen) atoms. The number of para-hydroxylation sites is 2. The Kier molecular flexibility index (Phi) is 2.46. The van der Waals surface area contributed by atoms with E-state index in [0.29, 0.717) is 0 Å². The first-order chi connectivity index (χ1) is 9.92. The van der Waals surface area contributed by atoms with Gasteiger partial charge in [0.2, 0.25) is 0 Å². The van der Waals surface area contributed by atoms with Gasteiger partial charge in [0.15, 0.2) is 0 Å². The van der Waals surface area contributed by atoms with E-state index in [9.17, 15) is 0 Å². The quantitative estimate of drug-likeness (QED) is 0.503. The first kappa shape index (κ1) is 11.1. The standard InChI is InChI=1S/C18H12N2/c1-3-7-16-13(5-1)9-10-18(20-16)15-11-12-19-17-8-4-2-6-14(15)17/h1-12H. The number of nitrogens with zero attached hydrogens (tertiary/aromatic N) is 2. The Morgan fingerprint density at radius 1 is 0.650 bits per heavy atom. The zero-order chi connectivity index (χ0) is 13.4. The molecular formula is C18H12N2. The van der Waals surface area contributed by atoms with Gasteiger partial charge in [-0.25, -0.2) is 4.98 Å². The summed E-state index contributed by atoms with van der Waals surface area (Å²) in [7, 11) is 0. The molecule has 0 atom stereocenters. The highest BCUT2D eigenvalue weighted by Gasteiger charge is 2.06. The Hall–Kier alpha value is -2.74. The summed E-state index contributed by atoms with van der Waals surface area (Å²) in [5.74, 6) is 0. The fourth-order valence-electron chi connectivity index (χ4n) is 2.54. The van der Waals surface area contributed by atoms with Crippen LogP contribution >= 0.6 is 0 Å². The molecule has 0 saturated heterocycles. The number of hydrogen-bond donors (Lipinski definition) is 0. The second-order valence-electron chi connectivity index (χ2n) is 4.76. The molecule has 2 aromatic heterocycles. The SMILES string of the molecule is c1ccc2nc(-c3ccnc4ccccc34)ccc2c1. The van der Waals surface area contributed by atoms with Gasteiger partial charge in [-0.1, -0.05) is 42.5 Å². The maximum atomic E-state index is 4.77. The number of rotatable bonds is 1. The van der Waals surface area contributed by atoms with Crippen LogP contribution in [0.5, 0.6) is 0 Å². The molecule has 0 aliphatic rings. The Labute approximate surface area is 116 Å². The van der Waals surface area contributed by atoms with Crippen molar-refractivity contribution in [2.45, 2.75) is 0 Å². The summed E-state index contributed by atoms with van der Waals surface area (Å²) in [6.07, 6.45) is 1.84. The average Bonchev–Trinajstić information content (AvgIpc) is 2.54. The zero-order valence-corrected chi connectivity index (χ0v) is 10.8. The molecule has 0 unspecified atom stereocenters. The van der Waals surface area contributed by atoms with Crippen molar-refractivity contribution in [2.24, 2.45) is 0 Å². The topological polar surface area (TPSA) is 25.8 Å². The smallest absolute Gasteiger partial charge is 0.0717 e. The molecular weight excluding hydrogens is 244 g/mol. The second kappa shape index (κ2) is 4.42. The highest BCUT2D eigenvalue weighted by atomic mass is 14.7. The van der Waals surface area contributed by atoms with E-state index in [4.69, 9.17) is 4.98 Å². The van der Waals surface area contributed by atoms with Crippen LogP contribution in [0.25, 0.3) is 33.1 Å². The van der Waals surface area contributed by atoms with E-state index in [-0.39, 0.29) is 0 Å². The number of hydrogen-bond acceptors (Lipinski definition) is 2. The van der Waals surface area contributed by atoms with Crippen LogP contribution in [0.1, 0.15) is 0 Å². The molecule has 2 heteroatoms. The van der Waals surface area contributed by atoms with Crippen LogP contribution in [-0.2, 0) is 0 Å². The fraction of sp³-hybridized carbons (Fsp3) is 0. The summed E-state index contributed by atoms with van der Waals surface area (Å²) in [5.41, 5.74) is 4.13. The van der Waals surface area contributed by atoms with Gasteiger partial charge in [-0.15, -0.1) is 0 Å². The number of pyridine rings is 2. The molecule has 94 valence electrons. The van der Waals surface area contributed by atoms with Gasteiger partial charge in [-0.3, -0.25) is 4.98 Å². The van der Waals surface area contributed by atoms with Gasteiger partial charge in [0.1, 0.15) is 0 Å². The van der Waals surface area contributed by atoms with Crippen LogP contribution in [0.15, 0.2) is 72.9 Å². The summed E-state index contributed by atoms with van der Waals surface area (Å²) in [4.78, 5) is 9.17. The lowest BCUT2D eigenvalue weighted by atomic mass is 10.0. The first-order valence-corrected chi connectivity index (χ1v) is 6.62. The molecule has 4 aromatic rings. The van der Waals surface area contributed by atoms with Crippen LogP contribution in [0.3, 0.4) is 0 Å². The van der Waals surface area contributed by atoms with E-state index >= 15 is 0 Å². The Morgan fingerprint density at radius 2 is 1.45 bits per heavy atom. The predicted octanol–water partition coefficient (Wildman–Crippen LogP) is 4.45. The van der Waals surface area contributed by atoms with Gasteiger partial charge in [0.25, 0.3) is 0 Å². The lowest BCUT2D eigenvalue weighted by Crippen LogP contribution is -1.88. The minimum Gasteiger partial charge on any atom is -0.256 e. The third-order valence-corrected chi connectivity index (χ3v) is 3.52. The number of fused-ring (bicyclic) bond motifs is 2. The van der Waals surface area contributed by atoms with Crippen molar-refractivity contribution in [3.8, 4) is 11.3 Å². The molecule has 0 fully saturated rings. The van der Waals surface area contributed by atoms with Gasteiger partial charge < -0.3 is 0 Å². The van der Waals surface area contributed by atoms with Crippen LogP contribution in [0, 0.1) is 0 Å². The highest BCUT2D eigenvalue weighted by Crippen LogP contribution is 2.27. The van der Waals surface area contributed by atoms with Crippen LogP contribution in [-0.4, -0.2) is 9.97 Å². The minimum absolute atomic E-state index is 0.988. The number of benzene rings is 2. The van der Waals surface area contributed by atoms with Crippen molar-refractivity contribution in [3.63, 3.8) is 0 Å². The molecule has 0 aliphatic heterocycles. The van der Waals surface area contributed by atoms with E-state index in [1.54, 1.807) is 0 Å². The van der Waals surface area contributed by atoms with Crippen molar-refractivity contribution < 1.29 is 0 Å². The molecule has 2 heterocycles. The molecule has 0 N–H and O–H groups in total. The van der Waals surface area contributed by atoms with Crippen LogP contribution in [0.4, 0.5) is 0 Å². The summed E-state index contributed by atoms with van der Waals surface area (Å²) >= 11 is 0. The van der Waals surface area contributed by atoms with Crippen molar-refractivity contribution in [2.75, 3.05) is 0 Å². The highest BCUT2D eigenvalue weighted by molar-refractivity contribution is 5.94. The van der Waals surface area contributed by atoms with E-state index < -0.39 is 0 Å². The van der Waals surface area contributed by atoms with Crippen molar-refractivity contribution >= 4 is 21.8 Å². The van der Waals surface area contributed by atoms with Gasteiger partial charge in [-0.2, -0.15) is 0 Å². The summed E-state index contributed by atoms with van der Waals surface area (Å²) in [6, 6.07) is 22.6. The molecule has 2 nitrogen and oxygen atoms in total. The van der Waals surface area contributed by atoms with Crippen molar-refractivity contribution in [1.29, 1.82) is 0 Å². The Morgan fingerprint density at radius 3 is 2.40 bits per heavy atom. The summed E-state index contributed by atoms with van der Waals surface area (Å²) < 4.78 is 0. The normalized spacial score (nSPS) is 11.0. The molecule has 0 amide bonds. The molecule has 0 bridgehead atoms. The molecule has 0 aliphatic carbocycles. The Bertz CT molecular complexity index is 908. The molecule has 0 saturated carbocycles. The van der Waals surface area contributed by atoms with Gasteiger partial charge in [0, 0.05) is 22.5 Å². The van der Waals surface area contributed by atoms with Gasteiger partial charge >= 0.3 is 0 Å². The van der Waals surface area contributed by atoms with Gasteiger partial charge in [0.05, 0.1) is 16.7 Å². The zero-order valence-electron chi connectivity index (χ0n) is 10.8. The van der Waals surface area contributed by atoms with E-state index in [1.165, 1.54) is 0 Å². The maximum absolute atomic E-state index is 4.77. The lowest BCUT2D eigenvalue weighted by molar-refractivity contribution is 1.37. The molecule has 4 rings (SSSR count). The first-order valence-electron chi connectivity index (χ1n) is 6.62. The van der Waals surface area contributed by atoms with E-state index in [2.05, 4.69) is 29.2 Å². The monoisotopic (exact) mass is 256 g/mol. The third kappa shape index (κ3) is 1.74. The molecule has 0 radical (unpaired) electrons. The predicted molar refractivity (Wildman–Crippen MR) is 82.5 cm³/mol. The van der Waals surface area contributed by atoms with E-state index in [1.807, 2.05) is 48.7 Å². The third-order valence-electron chi connectivity index (χ3n) is 3.52. The average molecular weight is 256 g/mol. The Balaban J connectivity index is 2.01. The van der Waals surface area contributed by atoms with Crippen molar-refractivity contribution in [3.05, 3.63) is 72.9 Å². The molecule has 0 spiro atoms. The largest absolute Gasteiger partial charge is 0.256 e. The van der Waals surface area contributed by atoms with Gasteiger partial charge in [-0.05, 0) is 24.3 Å². The lowest BCUT2D eigenvalue weighted by Gasteiger charge is -2.06. The van der Waals surface area contributed by atoms with E-state index in [0.717, 1.165) is 33.1 Å². The van der Waals surface area contributed by atoms with Crippen LogP contribution in [0.2, 0.25) is 0 Å². The van der Waals surface area contributed by atoms with Crippen molar-refractivity contribution in [1.82, 2.24) is 9.97 Å². The summed E-state index contributed by atoms with van der Waals surface area (Å²) in [6.45, 7) is 0. The summed E-state index contributed by atoms with van der Waals surface area (Å²) in [5, 5.41) is 2.30. The number of aromatic nitrogens is 2.